The molecule has 4 nitrogen and oxygen atoms in total. The summed E-state index contributed by atoms with van der Waals surface area (Å²) in [5.41, 5.74) is -1.04. The van der Waals surface area contributed by atoms with Crippen LogP contribution in [0.25, 0.3) is 0 Å². The molecule has 1 aromatic rings. The van der Waals surface area contributed by atoms with Crippen molar-refractivity contribution in [1.82, 2.24) is 0 Å². The van der Waals surface area contributed by atoms with Gasteiger partial charge in [0.2, 0.25) is 6.41 Å². The number of rotatable bonds is 5. The summed E-state index contributed by atoms with van der Waals surface area (Å²) in [5.74, 6) is -1.73. The fourth-order valence-corrected chi connectivity index (χ4v) is 1.86. The molecule has 0 fully saturated rings. The SMILES string of the molecule is CC(C)C(C(=O)O)N(C=O)c1cccc(C(F)(F)F)c1. The monoisotopic (exact) mass is 289 g/mol. The number of carboxylic acid groups (broad SMARTS) is 1. The second kappa shape index (κ2) is 5.94. The van der Waals surface area contributed by atoms with E-state index in [2.05, 4.69) is 0 Å². The van der Waals surface area contributed by atoms with Crippen LogP contribution < -0.4 is 4.90 Å². The number of alkyl halides is 3. The van der Waals surface area contributed by atoms with Gasteiger partial charge in [-0.05, 0) is 24.1 Å². The largest absolute Gasteiger partial charge is 0.480 e. The van der Waals surface area contributed by atoms with Gasteiger partial charge in [-0.2, -0.15) is 13.2 Å². The third-order valence-corrected chi connectivity index (χ3v) is 2.77. The minimum atomic E-state index is -4.55. The van der Waals surface area contributed by atoms with E-state index in [1.165, 1.54) is 6.07 Å². The molecule has 0 saturated carbocycles. The lowest BCUT2D eigenvalue weighted by Gasteiger charge is -2.28. The van der Waals surface area contributed by atoms with Crippen molar-refractivity contribution in [2.75, 3.05) is 4.90 Å². The molecule has 110 valence electrons. The van der Waals surface area contributed by atoms with E-state index in [0.717, 1.165) is 23.1 Å². The van der Waals surface area contributed by atoms with Crippen LogP contribution in [0, 0.1) is 5.92 Å². The Morgan fingerprint density at radius 3 is 2.35 bits per heavy atom. The maximum Gasteiger partial charge on any atom is 0.416 e. The van der Waals surface area contributed by atoms with Crippen LogP contribution in [0.5, 0.6) is 0 Å². The maximum absolute atomic E-state index is 12.6. The second-order valence-corrected chi connectivity index (χ2v) is 4.59. The molecule has 20 heavy (non-hydrogen) atoms. The second-order valence-electron chi connectivity index (χ2n) is 4.59. The normalized spacial score (nSPS) is 13.1. The number of carboxylic acids is 1. The van der Waals surface area contributed by atoms with Crippen LogP contribution in [0.15, 0.2) is 24.3 Å². The van der Waals surface area contributed by atoms with Crippen LogP contribution in [0.2, 0.25) is 0 Å². The zero-order valence-corrected chi connectivity index (χ0v) is 10.9. The van der Waals surface area contributed by atoms with Crippen molar-refractivity contribution < 1.29 is 27.9 Å². The standard InChI is InChI=1S/C13H14F3NO3/c1-8(2)11(12(19)20)17(7-18)10-5-3-4-9(6-10)13(14,15)16/h3-8,11H,1-2H3,(H,19,20). The fraction of sp³-hybridized carbons (Fsp3) is 0.385. The van der Waals surface area contributed by atoms with Gasteiger partial charge in [-0.3, -0.25) is 4.79 Å². The number of amides is 1. The number of aliphatic carboxylic acids is 1. The van der Waals surface area contributed by atoms with Gasteiger partial charge in [0.15, 0.2) is 0 Å². The summed E-state index contributed by atoms with van der Waals surface area (Å²) in [6.07, 6.45) is -4.32. The van der Waals surface area contributed by atoms with Crippen LogP contribution in [0.1, 0.15) is 19.4 Å². The first-order valence-electron chi connectivity index (χ1n) is 5.82. The molecule has 0 aliphatic rings. The number of carbonyl (C=O) groups excluding carboxylic acids is 1. The number of anilines is 1. The highest BCUT2D eigenvalue weighted by molar-refractivity contribution is 5.88. The van der Waals surface area contributed by atoms with Crippen LogP contribution in [0.4, 0.5) is 18.9 Å². The lowest BCUT2D eigenvalue weighted by atomic mass is 10.0. The molecule has 1 unspecified atom stereocenters. The summed E-state index contributed by atoms with van der Waals surface area (Å²) in [6, 6.07) is 2.79. The Bertz CT molecular complexity index is 500. The van der Waals surface area contributed by atoms with Crippen molar-refractivity contribution in [3.63, 3.8) is 0 Å². The third-order valence-electron chi connectivity index (χ3n) is 2.77. The van der Waals surface area contributed by atoms with Gasteiger partial charge in [-0.25, -0.2) is 4.79 Å². The summed E-state index contributed by atoms with van der Waals surface area (Å²) < 4.78 is 37.9. The molecular weight excluding hydrogens is 275 g/mol. The first kappa shape index (κ1) is 16.0. The molecule has 0 aliphatic carbocycles. The minimum absolute atomic E-state index is 0.101. The number of halogens is 3. The lowest BCUT2D eigenvalue weighted by molar-refractivity contribution is -0.140. The van der Waals surface area contributed by atoms with Gasteiger partial charge in [0.1, 0.15) is 6.04 Å². The zero-order chi connectivity index (χ0) is 15.5. The van der Waals surface area contributed by atoms with E-state index >= 15 is 0 Å². The van der Waals surface area contributed by atoms with Crippen molar-refractivity contribution in [2.45, 2.75) is 26.1 Å². The van der Waals surface area contributed by atoms with E-state index in [-0.39, 0.29) is 12.1 Å². The van der Waals surface area contributed by atoms with Gasteiger partial charge >= 0.3 is 12.1 Å². The molecule has 1 aromatic carbocycles. The summed E-state index contributed by atoms with van der Waals surface area (Å²) in [5, 5.41) is 9.11. The summed E-state index contributed by atoms with van der Waals surface area (Å²) in [7, 11) is 0. The van der Waals surface area contributed by atoms with Gasteiger partial charge < -0.3 is 10.0 Å². The molecule has 0 aromatic heterocycles. The first-order chi connectivity index (χ1) is 9.18. The van der Waals surface area contributed by atoms with E-state index < -0.39 is 29.7 Å². The van der Waals surface area contributed by atoms with E-state index in [1.54, 1.807) is 13.8 Å². The fourth-order valence-electron chi connectivity index (χ4n) is 1.86. The van der Waals surface area contributed by atoms with Gasteiger partial charge in [0.25, 0.3) is 0 Å². The first-order valence-corrected chi connectivity index (χ1v) is 5.82. The molecule has 0 bridgehead atoms. The average molecular weight is 289 g/mol. The Labute approximate surface area is 113 Å². The molecule has 1 amide bonds. The van der Waals surface area contributed by atoms with Gasteiger partial charge in [0, 0.05) is 5.69 Å². The number of nitrogens with zero attached hydrogens (tertiary/aromatic N) is 1. The highest BCUT2D eigenvalue weighted by atomic mass is 19.4. The number of hydrogen-bond acceptors (Lipinski definition) is 2. The average Bonchev–Trinajstić information content (AvgIpc) is 2.33. The third kappa shape index (κ3) is 3.49. The molecular formula is C13H14F3NO3. The molecule has 1 N–H and O–H groups in total. The highest BCUT2D eigenvalue weighted by Crippen LogP contribution is 2.32. The van der Waals surface area contributed by atoms with Gasteiger partial charge in [-0.1, -0.05) is 19.9 Å². The molecule has 0 heterocycles. The Morgan fingerprint density at radius 1 is 1.35 bits per heavy atom. The van der Waals surface area contributed by atoms with Gasteiger partial charge in [-0.15, -0.1) is 0 Å². The topological polar surface area (TPSA) is 57.6 Å². The number of carbonyl (C=O) groups is 2. The Morgan fingerprint density at radius 2 is 1.95 bits per heavy atom. The predicted molar refractivity (Wildman–Crippen MR) is 66.2 cm³/mol. The summed E-state index contributed by atoms with van der Waals surface area (Å²) in [6.45, 7) is 3.14. The van der Waals surface area contributed by atoms with Crippen molar-refractivity contribution in [3.05, 3.63) is 29.8 Å². The Balaban J connectivity index is 3.25. The zero-order valence-electron chi connectivity index (χ0n) is 10.9. The van der Waals surface area contributed by atoms with E-state index in [0.29, 0.717) is 0 Å². The van der Waals surface area contributed by atoms with E-state index in [1.807, 2.05) is 0 Å². The summed E-state index contributed by atoms with van der Waals surface area (Å²) in [4.78, 5) is 23.1. The predicted octanol–water partition coefficient (Wildman–Crippen LogP) is 2.78. The summed E-state index contributed by atoms with van der Waals surface area (Å²) >= 11 is 0. The smallest absolute Gasteiger partial charge is 0.416 e. The molecule has 0 aliphatic heterocycles. The molecule has 1 atom stereocenters. The molecule has 7 heteroatoms. The van der Waals surface area contributed by atoms with Crippen LogP contribution >= 0.6 is 0 Å². The van der Waals surface area contributed by atoms with Crippen LogP contribution in [-0.2, 0) is 15.8 Å². The maximum atomic E-state index is 12.6. The quantitative estimate of drug-likeness (QED) is 0.848. The molecule has 0 radical (unpaired) electrons. The van der Waals surface area contributed by atoms with Gasteiger partial charge in [0.05, 0.1) is 5.56 Å². The molecule has 1 rings (SSSR count). The van der Waals surface area contributed by atoms with Crippen molar-refractivity contribution in [2.24, 2.45) is 5.92 Å². The van der Waals surface area contributed by atoms with E-state index in [9.17, 15) is 22.8 Å². The lowest BCUT2D eigenvalue weighted by Crippen LogP contribution is -2.44. The molecule has 0 saturated heterocycles. The number of benzene rings is 1. The van der Waals surface area contributed by atoms with Crippen molar-refractivity contribution in [1.29, 1.82) is 0 Å². The molecule has 0 spiro atoms. The van der Waals surface area contributed by atoms with Crippen LogP contribution in [0.3, 0.4) is 0 Å². The Kier molecular flexibility index (Phi) is 4.75. The van der Waals surface area contributed by atoms with Crippen molar-refractivity contribution >= 4 is 18.1 Å². The van der Waals surface area contributed by atoms with E-state index in [4.69, 9.17) is 5.11 Å². The minimum Gasteiger partial charge on any atom is -0.480 e. The van der Waals surface area contributed by atoms with Crippen LogP contribution in [-0.4, -0.2) is 23.5 Å². The number of hydrogen-bond donors (Lipinski definition) is 1. The Hall–Kier alpha value is -2.05. The van der Waals surface area contributed by atoms with Crippen molar-refractivity contribution in [3.8, 4) is 0 Å². The highest BCUT2D eigenvalue weighted by Gasteiger charge is 2.33.